The van der Waals surface area contributed by atoms with Gasteiger partial charge in [-0.3, -0.25) is 0 Å². The first-order valence-corrected chi connectivity index (χ1v) is 16.9. The van der Waals surface area contributed by atoms with Gasteiger partial charge in [0.25, 0.3) is 0 Å². The number of unbranched alkanes of at least 4 members (excludes halogenated alkanes) is 12. The van der Waals surface area contributed by atoms with Crippen LogP contribution in [-0.4, -0.2) is 75.5 Å². The molecule has 0 aliphatic heterocycles. The second kappa shape index (κ2) is 25.4. The Morgan fingerprint density at radius 2 is 0.939 bits per heavy atom. The summed E-state index contributed by atoms with van der Waals surface area (Å²) in [5, 5.41) is 9.78. The molecule has 0 saturated heterocycles. The summed E-state index contributed by atoms with van der Waals surface area (Å²) in [6, 6.07) is 0. The van der Waals surface area contributed by atoms with Crippen molar-refractivity contribution in [3.63, 3.8) is 0 Å². The van der Waals surface area contributed by atoms with Gasteiger partial charge in [-0.15, -0.1) is 0 Å². The molecule has 0 heterocycles. The first-order chi connectivity index (χ1) is 16.1. The lowest BCUT2D eigenvalue weighted by Crippen LogP contribution is -2.20. The second-order valence-electron chi connectivity index (χ2n) is 9.81. The van der Waals surface area contributed by atoms with Gasteiger partial charge in [-0.1, -0.05) is 84.0 Å². The molecule has 0 saturated carbocycles. The van der Waals surface area contributed by atoms with Crippen molar-refractivity contribution < 1.29 is 19.3 Å². The first-order valence-electron chi connectivity index (χ1n) is 14.4. The van der Waals surface area contributed by atoms with E-state index in [0.29, 0.717) is 26.4 Å². The van der Waals surface area contributed by atoms with Crippen LogP contribution >= 0.6 is 7.26 Å². The molecule has 0 rings (SSSR count). The van der Waals surface area contributed by atoms with Crippen molar-refractivity contribution in [2.45, 2.75) is 117 Å². The van der Waals surface area contributed by atoms with Crippen LogP contribution in [0.5, 0.6) is 0 Å². The van der Waals surface area contributed by atoms with E-state index in [0.717, 1.165) is 25.5 Å². The third kappa shape index (κ3) is 22.5. The predicted octanol–water partition coefficient (Wildman–Crippen LogP) is 7.57. The van der Waals surface area contributed by atoms with Gasteiger partial charge in [0.2, 0.25) is 0 Å². The number of ether oxygens (including phenoxy) is 3. The van der Waals surface area contributed by atoms with Crippen molar-refractivity contribution in [1.29, 1.82) is 0 Å². The zero-order valence-corrected chi connectivity index (χ0v) is 23.9. The number of hydrogen-bond acceptors (Lipinski definition) is 4. The molecule has 5 heteroatoms. The molecule has 0 aromatic rings. The van der Waals surface area contributed by atoms with Crippen LogP contribution in [0, 0.1) is 0 Å². The second-order valence-corrected chi connectivity index (χ2v) is 14.6. The normalized spacial score (nSPS) is 13.0. The highest BCUT2D eigenvalue weighted by molar-refractivity contribution is 7.75. The van der Waals surface area contributed by atoms with Crippen molar-refractivity contribution in [2.75, 3.05) is 64.3 Å². The number of aliphatic hydroxyl groups excluding tert-OH is 1. The topological polar surface area (TPSA) is 47.9 Å². The largest absolute Gasteiger partial charge is 0.390 e. The summed E-state index contributed by atoms with van der Waals surface area (Å²) >= 11 is 0. The van der Waals surface area contributed by atoms with E-state index in [1.54, 1.807) is 0 Å². The Labute approximate surface area is 208 Å². The summed E-state index contributed by atoms with van der Waals surface area (Å²) in [5.74, 6) is 0. The Kier molecular flexibility index (Phi) is 25.6. The number of hydrogen-bond donors (Lipinski definition) is 1. The van der Waals surface area contributed by atoms with Crippen LogP contribution in [0.25, 0.3) is 0 Å². The Balaban J connectivity index is 3.27. The van der Waals surface area contributed by atoms with Crippen LogP contribution in [0.2, 0.25) is 0 Å². The van der Waals surface area contributed by atoms with Gasteiger partial charge in [0, 0.05) is 13.9 Å². The Morgan fingerprint density at radius 1 is 0.545 bits per heavy atom. The van der Waals surface area contributed by atoms with Crippen LogP contribution in [0.4, 0.5) is 0 Å². The third-order valence-corrected chi connectivity index (χ3v) is 12.0. The van der Waals surface area contributed by atoms with Gasteiger partial charge in [0.05, 0.1) is 63.8 Å². The molecular weight excluding hydrogens is 431 g/mol. The maximum absolute atomic E-state index is 9.78. The van der Waals surface area contributed by atoms with Gasteiger partial charge >= 0.3 is 0 Å². The van der Waals surface area contributed by atoms with E-state index in [1.807, 2.05) is 6.92 Å². The molecule has 0 aromatic carbocycles. The lowest BCUT2D eigenvalue weighted by Gasteiger charge is -2.26. The molecule has 200 valence electrons. The summed E-state index contributed by atoms with van der Waals surface area (Å²) in [4.78, 5) is 0. The maximum Gasteiger partial charge on any atom is 0.0851 e. The molecule has 1 unspecified atom stereocenters. The number of rotatable bonds is 27. The van der Waals surface area contributed by atoms with Gasteiger partial charge in [-0.25, -0.2) is 0 Å². The molecule has 1 atom stereocenters. The highest BCUT2D eigenvalue weighted by Crippen LogP contribution is 2.58. The zero-order chi connectivity index (χ0) is 24.5. The van der Waals surface area contributed by atoms with E-state index in [1.165, 1.54) is 95.8 Å². The molecule has 33 heavy (non-hydrogen) atoms. The SMILES string of the molecule is CCCCCCCCCCCCCCCOCCOCCOCC[P+](CC)(CC)CC(C)O. The summed E-state index contributed by atoms with van der Waals surface area (Å²) in [6.07, 6.45) is 22.3. The number of aliphatic hydroxyl groups is 1. The molecule has 0 spiro atoms. The molecule has 0 amide bonds. The van der Waals surface area contributed by atoms with Gasteiger partial charge in [0.1, 0.15) is 0 Å². The Bertz CT molecular complexity index is 375. The smallest absolute Gasteiger partial charge is 0.0851 e. The van der Waals surface area contributed by atoms with Gasteiger partial charge < -0.3 is 19.3 Å². The van der Waals surface area contributed by atoms with Gasteiger partial charge in [0.15, 0.2) is 0 Å². The highest BCUT2D eigenvalue weighted by Gasteiger charge is 2.34. The molecular formula is C28H60O4P+. The quantitative estimate of drug-likeness (QED) is 0.0951. The van der Waals surface area contributed by atoms with Crippen molar-refractivity contribution in [1.82, 2.24) is 0 Å². The summed E-state index contributed by atoms with van der Waals surface area (Å²) in [6.45, 7) is 13.0. The first kappa shape index (κ1) is 33.3. The van der Waals surface area contributed by atoms with E-state index in [2.05, 4.69) is 20.8 Å². The predicted molar refractivity (Wildman–Crippen MR) is 148 cm³/mol. The Hall–Kier alpha value is 0.270. The summed E-state index contributed by atoms with van der Waals surface area (Å²) in [7, 11) is -1.05. The van der Waals surface area contributed by atoms with Crippen LogP contribution in [0.1, 0.15) is 111 Å². The lowest BCUT2D eigenvalue weighted by molar-refractivity contribution is 0.0165. The van der Waals surface area contributed by atoms with Crippen LogP contribution in [0.3, 0.4) is 0 Å². The zero-order valence-electron chi connectivity index (χ0n) is 23.0. The lowest BCUT2D eigenvalue weighted by atomic mass is 10.0. The molecule has 0 radical (unpaired) electrons. The average molecular weight is 492 g/mol. The molecule has 0 aromatic heterocycles. The van der Waals surface area contributed by atoms with E-state index >= 15 is 0 Å². The Morgan fingerprint density at radius 3 is 1.36 bits per heavy atom. The fourth-order valence-corrected chi connectivity index (χ4v) is 7.89. The molecule has 0 fully saturated rings. The van der Waals surface area contributed by atoms with Crippen LogP contribution < -0.4 is 0 Å². The summed E-state index contributed by atoms with van der Waals surface area (Å²) in [5.41, 5.74) is 0. The third-order valence-electron chi connectivity index (χ3n) is 6.84. The minimum absolute atomic E-state index is 0.193. The van der Waals surface area contributed by atoms with Crippen molar-refractivity contribution in [3.05, 3.63) is 0 Å². The van der Waals surface area contributed by atoms with E-state index in [-0.39, 0.29) is 6.10 Å². The van der Waals surface area contributed by atoms with E-state index < -0.39 is 7.26 Å². The van der Waals surface area contributed by atoms with Crippen LogP contribution in [-0.2, 0) is 14.2 Å². The van der Waals surface area contributed by atoms with Crippen molar-refractivity contribution in [2.24, 2.45) is 0 Å². The minimum atomic E-state index is -1.05. The van der Waals surface area contributed by atoms with E-state index in [9.17, 15) is 5.11 Å². The van der Waals surface area contributed by atoms with Crippen molar-refractivity contribution in [3.8, 4) is 0 Å². The standard InChI is InChI=1S/C28H60O4P/c1-5-8-9-10-11-12-13-14-15-16-17-18-19-20-30-21-22-31-23-24-32-25-26-33(6-2,7-3)27-28(4)29/h28-29H,5-27H2,1-4H3/q+1. The molecule has 4 nitrogen and oxygen atoms in total. The molecule has 0 aliphatic rings. The molecule has 1 N–H and O–H groups in total. The summed E-state index contributed by atoms with van der Waals surface area (Å²) < 4.78 is 17.1. The molecule has 0 aliphatic carbocycles. The van der Waals surface area contributed by atoms with Crippen LogP contribution in [0.15, 0.2) is 0 Å². The molecule has 0 bridgehead atoms. The maximum atomic E-state index is 9.78. The fourth-order valence-electron chi connectivity index (χ4n) is 4.47. The van der Waals surface area contributed by atoms with E-state index in [4.69, 9.17) is 14.2 Å². The fraction of sp³-hybridized carbons (Fsp3) is 1.00. The van der Waals surface area contributed by atoms with Crippen molar-refractivity contribution >= 4 is 7.26 Å². The minimum Gasteiger partial charge on any atom is -0.390 e. The highest BCUT2D eigenvalue weighted by atomic mass is 31.2. The van der Waals surface area contributed by atoms with Gasteiger partial charge in [-0.2, -0.15) is 0 Å². The van der Waals surface area contributed by atoms with Gasteiger partial charge in [-0.05, 0) is 27.2 Å². The monoisotopic (exact) mass is 491 g/mol. The average Bonchev–Trinajstić information content (AvgIpc) is 2.81.